The van der Waals surface area contributed by atoms with E-state index in [1.807, 2.05) is 0 Å². The van der Waals surface area contributed by atoms with Crippen molar-refractivity contribution < 1.29 is 0 Å². The van der Waals surface area contributed by atoms with E-state index in [-0.39, 0.29) is 27.1 Å². The average Bonchev–Trinajstić information content (AvgIpc) is 1.57. The van der Waals surface area contributed by atoms with Crippen LogP contribution in [0.2, 0.25) is 0 Å². The Hall–Kier alpha value is -11.4. The molecule has 0 nitrogen and oxygen atoms in total. The second kappa shape index (κ2) is 38.5. The molecular weight excluding hydrogens is 1630 g/mol. The van der Waals surface area contributed by atoms with Crippen LogP contribution in [0.25, 0.3) is 109 Å². The van der Waals surface area contributed by atoms with Crippen LogP contribution in [0, 0.1) is 69.2 Å². The predicted octanol–water partition coefficient (Wildman–Crippen LogP) is 38.8. The van der Waals surface area contributed by atoms with E-state index < -0.39 is 0 Å². The summed E-state index contributed by atoms with van der Waals surface area (Å²) in [6, 6.07) is 93.5. The van der Waals surface area contributed by atoms with Gasteiger partial charge in [0.2, 0.25) is 0 Å². The maximum Gasteiger partial charge on any atom is 0.0284 e. The standard InChI is InChI=1S/C29H34.C28H32.C27H30.2C26H24/c1-21-15-16-25-26(19-21)29(17-11-7-5-3-4-6-8-12-18-29)27-20-22(2)23-13-9-10-14-24(23)28(25)27;1-20-14-15-24-25(18-20)28(16-10-6-4-3-5-7-11-17-28)26-19-21(2)22-12-8-9-13-23(22)27(24)26;1-19-13-14-23-24(17-19)27(15-9-5-3-4-6-10-16-27)25-18-20(2)21-11-7-8-12-22(21)26(23)25;2*1-18-12-13-22-23(16-18)26(14-8-4-3-5-9-15-26)24-17-19(2)20-10-6-7-11-21(20)25(22)24/h9-10,13-16,19-20H,3-8,11-12,17-18H2,1-2H3;8-9,12-15,18-19H,3-7,10-11,16-17H2,1-2H3;7-8,11-14,17-18H,3-6,9-10,15-16H2,1-2H3;4-13,16-17H,3,14-15H2,1-2H3;3-8,10-13,16-17H,9,14-15H2,1-2H3/b;;;8-4-,9-5-;5-3-,8-4-. The van der Waals surface area contributed by atoms with Crippen LogP contribution in [0.5, 0.6) is 0 Å². The van der Waals surface area contributed by atoms with Crippen LogP contribution >= 0.6 is 0 Å². The Kier molecular flexibility index (Phi) is 25.8. The fraction of sp³-hybridized carbons (Fsp3) is 0.353. The van der Waals surface area contributed by atoms with Gasteiger partial charge in [-0.15, -0.1) is 0 Å². The minimum atomic E-state index is 0.0684. The van der Waals surface area contributed by atoms with E-state index in [4.69, 9.17) is 0 Å². The van der Waals surface area contributed by atoms with Gasteiger partial charge in [-0.3, -0.25) is 0 Å². The van der Waals surface area contributed by atoms with Gasteiger partial charge in [-0.25, -0.2) is 0 Å². The fourth-order valence-corrected chi connectivity index (χ4v) is 28.2. The molecule has 5 spiro atoms. The number of hydrogen-bond acceptors (Lipinski definition) is 0. The maximum atomic E-state index is 2.56. The molecule has 688 valence electrons. The molecular formula is C136H144. The van der Waals surface area contributed by atoms with Gasteiger partial charge < -0.3 is 0 Å². The van der Waals surface area contributed by atoms with Gasteiger partial charge >= 0.3 is 0 Å². The van der Waals surface area contributed by atoms with E-state index >= 15 is 0 Å². The molecule has 0 radical (unpaired) electrons. The lowest BCUT2D eigenvalue weighted by Crippen LogP contribution is -2.26. The summed E-state index contributed by atoms with van der Waals surface area (Å²) in [7, 11) is 0. The Bertz CT molecular complexity index is 7180. The summed E-state index contributed by atoms with van der Waals surface area (Å²) in [6.45, 7) is 22.7. The molecule has 10 aliphatic carbocycles. The summed E-state index contributed by atoms with van der Waals surface area (Å²) in [5, 5.41) is 14.2. The van der Waals surface area contributed by atoms with E-state index in [0.29, 0.717) is 0 Å². The number of benzene rings is 15. The van der Waals surface area contributed by atoms with Crippen LogP contribution in [0.1, 0.15) is 323 Å². The third-order valence-electron chi connectivity index (χ3n) is 34.9. The second-order valence-corrected chi connectivity index (χ2v) is 43.6. The second-order valence-electron chi connectivity index (χ2n) is 43.6. The lowest BCUT2D eigenvalue weighted by atomic mass is 9.69. The predicted molar refractivity (Wildman–Crippen MR) is 587 cm³/mol. The van der Waals surface area contributed by atoms with Crippen molar-refractivity contribution in [3.8, 4) is 55.6 Å². The zero-order chi connectivity index (χ0) is 92.9. The minimum Gasteiger partial charge on any atom is -0.0870 e. The highest BCUT2D eigenvalue weighted by Gasteiger charge is 2.49. The van der Waals surface area contributed by atoms with Crippen molar-refractivity contribution in [2.75, 3.05) is 0 Å². The first-order valence-corrected chi connectivity index (χ1v) is 53.4. The first-order valence-electron chi connectivity index (χ1n) is 53.4. The summed E-state index contributed by atoms with van der Waals surface area (Å²) in [5.41, 5.74) is 45.7. The summed E-state index contributed by atoms with van der Waals surface area (Å²) in [6.07, 6.45) is 62.3. The Balaban J connectivity index is 0.000000102. The first kappa shape index (κ1) is 91.0. The van der Waals surface area contributed by atoms with Crippen molar-refractivity contribution >= 4 is 53.9 Å². The Morgan fingerprint density at radius 2 is 0.382 bits per heavy atom. The van der Waals surface area contributed by atoms with Gasteiger partial charge in [0.1, 0.15) is 0 Å². The van der Waals surface area contributed by atoms with Crippen LogP contribution in [0.15, 0.2) is 291 Å². The van der Waals surface area contributed by atoms with E-state index in [2.05, 4.69) is 361 Å². The van der Waals surface area contributed by atoms with Gasteiger partial charge in [0.25, 0.3) is 0 Å². The van der Waals surface area contributed by atoms with Crippen molar-refractivity contribution in [3.05, 3.63) is 403 Å². The maximum absolute atomic E-state index is 2.56. The molecule has 0 heteroatoms. The van der Waals surface area contributed by atoms with Crippen molar-refractivity contribution in [2.24, 2.45) is 0 Å². The molecule has 3 saturated carbocycles. The van der Waals surface area contributed by atoms with Crippen LogP contribution in [-0.4, -0.2) is 0 Å². The molecule has 3 fully saturated rings. The Morgan fingerprint density at radius 1 is 0.169 bits per heavy atom. The SMILES string of the molecule is Cc1ccc2c(c1)C1(C/C=C\C/C=C\C1)c1cc(C)c3ccccc3c1-2.Cc1ccc2c(c1)C1(C/C=C\C=C/CC1)c1cc(C)c3ccccc3c1-2.Cc1ccc2c(c1)C1(CCCCCCCC1)c1cc(C)c3ccccc3c1-2.Cc1ccc2c(c1)C1(CCCCCCCCC1)c1cc(C)c3ccccc3c1-2.Cc1ccc2c(c1)C1(CCCCCCCCCC1)c1cc(C)c3ccccc3c1-2. The highest BCUT2D eigenvalue weighted by molar-refractivity contribution is 6.09. The highest BCUT2D eigenvalue weighted by atomic mass is 14.5. The van der Waals surface area contributed by atoms with Gasteiger partial charge in [0.15, 0.2) is 0 Å². The smallest absolute Gasteiger partial charge is 0.0284 e. The van der Waals surface area contributed by atoms with Crippen molar-refractivity contribution in [1.29, 1.82) is 0 Å². The van der Waals surface area contributed by atoms with Crippen molar-refractivity contribution in [3.63, 3.8) is 0 Å². The molecule has 0 N–H and O–H groups in total. The normalized spacial score (nSPS) is 19.8. The molecule has 15 aromatic rings. The fourth-order valence-electron chi connectivity index (χ4n) is 28.2. The molecule has 0 saturated heterocycles. The molecule has 0 aliphatic heterocycles. The Labute approximate surface area is 814 Å². The average molecular weight is 1780 g/mol. The molecule has 0 heterocycles. The van der Waals surface area contributed by atoms with Crippen LogP contribution in [0.3, 0.4) is 0 Å². The first-order chi connectivity index (χ1) is 66.5. The zero-order valence-corrected chi connectivity index (χ0v) is 83.5. The Morgan fingerprint density at radius 3 is 0.654 bits per heavy atom. The van der Waals surface area contributed by atoms with E-state index in [9.17, 15) is 0 Å². The quantitative estimate of drug-likeness (QED) is 0.133. The number of hydrogen-bond donors (Lipinski definition) is 0. The third-order valence-corrected chi connectivity index (χ3v) is 34.9. The number of allylic oxidation sites excluding steroid dienone is 8. The molecule has 25 rings (SSSR count). The zero-order valence-electron chi connectivity index (χ0n) is 83.5. The highest BCUT2D eigenvalue weighted by Crippen LogP contribution is 2.64. The van der Waals surface area contributed by atoms with Gasteiger partial charge in [-0.2, -0.15) is 0 Å². The molecule has 1 atom stereocenters. The molecule has 0 aromatic heterocycles. The largest absolute Gasteiger partial charge is 0.0870 e. The van der Waals surface area contributed by atoms with E-state index in [1.54, 1.807) is 33.4 Å². The lowest BCUT2D eigenvalue weighted by molar-refractivity contribution is 0.384. The topological polar surface area (TPSA) is 0 Å². The molecule has 1 unspecified atom stereocenters. The van der Waals surface area contributed by atoms with Crippen molar-refractivity contribution in [2.45, 2.75) is 308 Å². The van der Waals surface area contributed by atoms with Gasteiger partial charge in [-0.05, 0) is 339 Å². The summed E-state index contributed by atoms with van der Waals surface area (Å²) >= 11 is 0. The van der Waals surface area contributed by atoms with Gasteiger partial charge in [-0.1, -0.05) is 454 Å². The summed E-state index contributed by atoms with van der Waals surface area (Å²) < 4.78 is 0. The van der Waals surface area contributed by atoms with Crippen LogP contribution in [0.4, 0.5) is 0 Å². The van der Waals surface area contributed by atoms with E-state index in [0.717, 1.165) is 32.1 Å². The summed E-state index contributed by atoms with van der Waals surface area (Å²) in [5.74, 6) is 0. The molecule has 0 bridgehead atoms. The van der Waals surface area contributed by atoms with Crippen molar-refractivity contribution in [1.82, 2.24) is 0 Å². The van der Waals surface area contributed by atoms with Crippen LogP contribution < -0.4 is 0 Å². The summed E-state index contributed by atoms with van der Waals surface area (Å²) in [4.78, 5) is 0. The molecule has 10 aliphatic rings. The minimum absolute atomic E-state index is 0.0684. The lowest BCUT2D eigenvalue weighted by Gasteiger charge is -2.34. The van der Waals surface area contributed by atoms with Crippen LogP contribution in [-0.2, 0) is 27.1 Å². The molecule has 15 aromatic carbocycles. The third kappa shape index (κ3) is 16.2. The molecule has 0 amide bonds. The number of rotatable bonds is 0. The molecule has 136 heavy (non-hydrogen) atoms. The monoisotopic (exact) mass is 1780 g/mol. The number of fused-ring (bicyclic) bond motifs is 35. The van der Waals surface area contributed by atoms with Gasteiger partial charge in [0.05, 0.1) is 0 Å². The van der Waals surface area contributed by atoms with Gasteiger partial charge in [0, 0.05) is 27.1 Å². The van der Waals surface area contributed by atoms with E-state index in [1.165, 1.54) is 367 Å². The number of aryl methyl sites for hydroxylation is 10.